The van der Waals surface area contributed by atoms with Gasteiger partial charge in [0.15, 0.2) is 9.84 Å². The topological polar surface area (TPSA) is 51.1 Å². The number of hydrogen-bond donors (Lipinski definition) is 1. The SMILES string of the molecule is O=S1(=O)CCC(NCCCn2ccc3ccccc32)C1. The third kappa shape index (κ3) is 3.04. The van der Waals surface area contributed by atoms with E-state index in [0.29, 0.717) is 11.5 Å². The smallest absolute Gasteiger partial charge is 0.151 e. The molecular formula is C15H20N2O2S. The number of hydrogen-bond acceptors (Lipinski definition) is 3. The molecular weight excluding hydrogens is 272 g/mol. The van der Waals surface area contributed by atoms with E-state index in [1.165, 1.54) is 10.9 Å². The van der Waals surface area contributed by atoms with Crippen LogP contribution in [0.1, 0.15) is 12.8 Å². The fraction of sp³-hybridized carbons (Fsp3) is 0.467. The molecule has 4 nitrogen and oxygen atoms in total. The number of para-hydroxylation sites is 1. The van der Waals surface area contributed by atoms with Gasteiger partial charge in [0.1, 0.15) is 0 Å². The number of benzene rings is 1. The first-order valence-electron chi connectivity index (χ1n) is 7.12. The van der Waals surface area contributed by atoms with Crippen molar-refractivity contribution in [3.8, 4) is 0 Å². The van der Waals surface area contributed by atoms with Crippen molar-refractivity contribution in [3.05, 3.63) is 36.5 Å². The van der Waals surface area contributed by atoms with E-state index in [9.17, 15) is 8.42 Å². The number of rotatable bonds is 5. The molecule has 1 saturated heterocycles. The molecule has 1 aliphatic heterocycles. The Bertz CT molecular complexity index is 691. The van der Waals surface area contributed by atoms with Crippen LogP contribution >= 0.6 is 0 Å². The van der Waals surface area contributed by atoms with Gasteiger partial charge in [-0.15, -0.1) is 0 Å². The van der Waals surface area contributed by atoms with Gasteiger partial charge in [0.2, 0.25) is 0 Å². The van der Waals surface area contributed by atoms with Gasteiger partial charge in [0.05, 0.1) is 11.5 Å². The van der Waals surface area contributed by atoms with Crippen molar-refractivity contribution in [2.75, 3.05) is 18.1 Å². The minimum atomic E-state index is -2.77. The van der Waals surface area contributed by atoms with Gasteiger partial charge in [0, 0.05) is 24.3 Å². The molecule has 0 amide bonds. The second kappa shape index (κ2) is 5.58. The van der Waals surface area contributed by atoms with Crippen molar-refractivity contribution in [2.45, 2.75) is 25.4 Å². The Morgan fingerprint density at radius 2 is 2.10 bits per heavy atom. The number of aromatic nitrogens is 1. The van der Waals surface area contributed by atoms with E-state index in [-0.39, 0.29) is 6.04 Å². The molecule has 2 aromatic rings. The van der Waals surface area contributed by atoms with Crippen LogP contribution in [0.2, 0.25) is 0 Å². The lowest BCUT2D eigenvalue weighted by Crippen LogP contribution is -2.31. The summed E-state index contributed by atoms with van der Waals surface area (Å²) >= 11 is 0. The fourth-order valence-electron chi connectivity index (χ4n) is 2.85. The normalized spacial score (nSPS) is 21.5. The third-order valence-corrected chi connectivity index (χ3v) is 5.69. The van der Waals surface area contributed by atoms with Crippen LogP contribution < -0.4 is 5.32 Å². The van der Waals surface area contributed by atoms with E-state index >= 15 is 0 Å². The van der Waals surface area contributed by atoms with Crippen LogP contribution in [-0.4, -0.2) is 37.1 Å². The van der Waals surface area contributed by atoms with Gasteiger partial charge in [-0.25, -0.2) is 8.42 Å². The molecule has 1 unspecified atom stereocenters. The average molecular weight is 292 g/mol. The van der Waals surface area contributed by atoms with Gasteiger partial charge in [-0.2, -0.15) is 0 Å². The van der Waals surface area contributed by atoms with E-state index in [1.807, 2.05) is 0 Å². The third-order valence-electron chi connectivity index (χ3n) is 3.92. The number of nitrogens with one attached hydrogen (secondary N) is 1. The summed E-state index contributed by atoms with van der Waals surface area (Å²) in [6.07, 6.45) is 3.88. The highest BCUT2D eigenvalue weighted by Gasteiger charge is 2.26. The highest BCUT2D eigenvalue weighted by molar-refractivity contribution is 7.91. The summed E-state index contributed by atoms with van der Waals surface area (Å²) < 4.78 is 25.0. The zero-order valence-corrected chi connectivity index (χ0v) is 12.3. The molecule has 20 heavy (non-hydrogen) atoms. The Morgan fingerprint density at radius 3 is 2.90 bits per heavy atom. The maximum absolute atomic E-state index is 11.4. The molecule has 1 aromatic heterocycles. The Hall–Kier alpha value is -1.33. The first-order valence-corrected chi connectivity index (χ1v) is 8.94. The molecule has 1 atom stereocenters. The van der Waals surface area contributed by atoms with Gasteiger partial charge < -0.3 is 9.88 Å². The first kappa shape index (κ1) is 13.6. The summed E-state index contributed by atoms with van der Waals surface area (Å²) in [5.74, 6) is 0.645. The van der Waals surface area contributed by atoms with Crippen molar-refractivity contribution in [1.29, 1.82) is 0 Å². The summed E-state index contributed by atoms with van der Waals surface area (Å²) in [5, 5.41) is 4.62. The second-order valence-electron chi connectivity index (χ2n) is 5.48. The van der Waals surface area contributed by atoms with Crippen LogP contribution in [0.5, 0.6) is 0 Å². The van der Waals surface area contributed by atoms with Crippen molar-refractivity contribution < 1.29 is 8.42 Å². The van der Waals surface area contributed by atoms with Gasteiger partial charge >= 0.3 is 0 Å². The Balaban J connectivity index is 1.49. The van der Waals surface area contributed by atoms with E-state index in [1.54, 1.807) is 0 Å². The highest BCUT2D eigenvalue weighted by atomic mass is 32.2. The van der Waals surface area contributed by atoms with Gasteiger partial charge in [-0.3, -0.25) is 0 Å². The molecule has 1 aliphatic rings. The van der Waals surface area contributed by atoms with Crippen LogP contribution in [0.4, 0.5) is 0 Å². The van der Waals surface area contributed by atoms with E-state index < -0.39 is 9.84 Å². The van der Waals surface area contributed by atoms with Crippen LogP contribution in [0.25, 0.3) is 10.9 Å². The molecule has 1 fully saturated rings. The molecule has 2 heterocycles. The van der Waals surface area contributed by atoms with E-state index in [2.05, 4.69) is 46.4 Å². The second-order valence-corrected chi connectivity index (χ2v) is 7.70. The van der Waals surface area contributed by atoms with Crippen molar-refractivity contribution >= 4 is 20.7 Å². The zero-order chi connectivity index (χ0) is 14.0. The van der Waals surface area contributed by atoms with E-state index in [0.717, 1.165) is 25.9 Å². The lowest BCUT2D eigenvalue weighted by molar-refractivity contribution is 0.520. The van der Waals surface area contributed by atoms with Crippen molar-refractivity contribution in [1.82, 2.24) is 9.88 Å². The molecule has 1 N–H and O–H groups in total. The molecule has 5 heteroatoms. The summed E-state index contributed by atoms with van der Waals surface area (Å²) in [4.78, 5) is 0. The van der Waals surface area contributed by atoms with Gasteiger partial charge in [-0.1, -0.05) is 18.2 Å². The maximum Gasteiger partial charge on any atom is 0.151 e. The molecule has 0 bridgehead atoms. The standard InChI is InChI=1S/C15H20N2O2S/c18-20(19)11-7-14(12-20)16-8-3-9-17-10-6-13-4-1-2-5-15(13)17/h1-2,4-6,10,14,16H,3,7-9,11-12H2. The lowest BCUT2D eigenvalue weighted by atomic mass is 10.2. The van der Waals surface area contributed by atoms with Gasteiger partial charge in [0.25, 0.3) is 0 Å². The minimum absolute atomic E-state index is 0.154. The van der Waals surface area contributed by atoms with Crippen LogP contribution in [0.3, 0.4) is 0 Å². The maximum atomic E-state index is 11.4. The largest absolute Gasteiger partial charge is 0.347 e. The predicted octanol–water partition coefficient (Wildman–Crippen LogP) is 1.81. The molecule has 108 valence electrons. The molecule has 3 rings (SSSR count). The monoisotopic (exact) mass is 292 g/mol. The minimum Gasteiger partial charge on any atom is -0.347 e. The Labute approximate surface area is 119 Å². The fourth-order valence-corrected chi connectivity index (χ4v) is 4.56. The van der Waals surface area contributed by atoms with Crippen LogP contribution in [-0.2, 0) is 16.4 Å². The number of sulfone groups is 1. The summed E-state index contributed by atoms with van der Waals surface area (Å²) in [6, 6.07) is 10.6. The molecule has 0 saturated carbocycles. The van der Waals surface area contributed by atoms with Crippen LogP contribution in [0.15, 0.2) is 36.5 Å². The summed E-state index contributed by atoms with van der Waals surface area (Å²) in [5.41, 5.74) is 1.26. The van der Waals surface area contributed by atoms with Crippen molar-refractivity contribution in [3.63, 3.8) is 0 Å². The molecule has 0 aliphatic carbocycles. The van der Waals surface area contributed by atoms with Crippen LogP contribution in [0, 0.1) is 0 Å². The Morgan fingerprint density at radius 1 is 1.25 bits per heavy atom. The summed E-state index contributed by atoms with van der Waals surface area (Å²) in [6.45, 7) is 1.83. The number of aryl methyl sites for hydroxylation is 1. The van der Waals surface area contributed by atoms with Gasteiger partial charge in [-0.05, 0) is 36.9 Å². The molecule has 0 spiro atoms. The van der Waals surface area contributed by atoms with Crippen molar-refractivity contribution in [2.24, 2.45) is 0 Å². The molecule has 1 aromatic carbocycles. The quantitative estimate of drug-likeness (QED) is 0.855. The van der Waals surface area contributed by atoms with E-state index in [4.69, 9.17) is 0 Å². The average Bonchev–Trinajstić information content (AvgIpc) is 2.98. The first-order chi connectivity index (χ1) is 9.64. The summed E-state index contributed by atoms with van der Waals surface area (Å²) in [7, 11) is -2.77. The number of fused-ring (bicyclic) bond motifs is 1. The highest BCUT2D eigenvalue weighted by Crippen LogP contribution is 2.15. The number of nitrogens with zero attached hydrogens (tertiary/aromatic N) is 1. The zero-order valence-electron chi connectivity index (χ0n) is 11.5. The predicted molar refractivity (Wildman–Crippen MR) is 81.6 cm³/mol. The Kier molecular flexibility index (Phi) is 3.81. The molecule has 0 radical (unpaired) electrons. The lowest BCUT2D eigenvalue weighted by Gasteiger charge is -2.11.